The number of esters is 1. The van der Waals surface area contributed by atoms with Crippen molar-refractivity contribution in [3.63, 3.8) is 0 Å². The molecule has 2 amide bonds. The highest BCUT2D eigenvalue weighted by Gasteiger charge is 2.32. The van der Waals surface area contributed by atoms with E-state index in [4.69, 9.17) is 10.5 Å². The minimum Gasteiger partial charge on any atom is -0.467 e. The Morgan fingerprint density at radius 1 is 1.37 bits per heavy atom. The molecule has 0 aliphatic carbocycles. The number of hydrogen-bond donors (Lipinski definition) is 1. The number of likely N-dealkylation sites (tertiary alicyclic amines) is 1. The molecule has 2 N–H and O–H groups in total. The quantitative estimate of drug-likeness (QED) is 0.555. The Bertz CT molecular complexity index is 349. The maximum atomic E-state index is 12.1. The number of thioether (sulfide) groups is 1. The number of methoxy groups -OCH3 is 1. The molecule has 0 aromatic carbocycles. The van der Waals surface area contributed by atoms with Crippen molar-refractivity contribution in [3.05, 3.63) is 0 Å². The molecule has 6 nitrogen and oxygen atoms in total. The van der Waals surface area contributed by atoms with E-state index in [0.717, 1.165) is 12.8 Å². The Morgan fingerprint density at radius 2 is 2.11 bits per heavy atom. The van der Waals surface area contributed by atoms with E-state index in [1.165, 1.54) is 18.9 Å². The second-order valence-corrected chi connectivity index (χ2v) is 5.50. The molecule has 1 rings (SSSR count). The molecule has 1 heterocycles. The van der Waals surface area contributed by atoms with Crippen LogP contribution in [0.2, 0.25) is 0 Å². The Morgan fingerprint density at radius 3 is 2.74 bits per heavy atom. The number of primary amides is 1. The molecule has 0 aromatic heterocycles. The van der Waals surface area contributed by atoms with E-state index in [9.17, 15) is 14.4 Å². The van der Waals surface area contributed by atoms with Crippen molar-refractivity contribution < 1.29 is 19.1 Å². The summed E-state index contributed by atoms with van der Waals surface area (Å²) in [6.07, 6.45) is 2.81. The van der Waals surface area contributed by atoms with Crippen LogP contribution in [-0.2, 0) is 19.1 Å². The van der Waals surface area contributed by atoms with Crippen molar-refractivity contribution in [1.82, 2.24) is 4.90 Å². The molecule has 0 spiro atoms. The molecule has 7 heteroatoms. The van der Waals surface area contributed by atoms with Gasteiger partial charge < -0.3 is 15.4 Å². The van der Waals surface area contributed by atoms with Crippen molar-refractivity contribution in [2.75, 3.05) is 25.2 Å². The number of rotatable bonds is 6. The number of nitrogens with two attached hydrogens (primary N) is 1. The molecule has 1 aliphatic rings. The molecule has 0 radical (unpaired) electrons. The maximum Gasteiger partial charge on any atom is 0.328 e. The molecule has 1 aliphatic heterocycles. The van der Waals surface area contributed by atoms with Crippen LogP contribution in [-0.4, -0.2) is 53.9 Å². The number of amides is 2. The summed E-state index contributed by atoms with van der Waals surface area (Å²) in [5.41, 5.74) is 5.02. The van der Waals surface area contributed by atoms with Gasteiger partial charge in [0.2, 0.25) is 11.8 Å². The molecular weight excluding hydrogens is 268 g/mol. The van der Waals surface area contributed by atoms with E-state index in [0.29, 0.717) is 25.1 Å². The lowest BCUT2D eigenvalue weighted by Gasteiger charge is -2.33. The molecule has 0 unspecified atom stereocenters. The second-order valence-electron chi connectivity index (χ2n) is 4.39. The smallest absolute Gasteiger partial charge is 0.328 e. The van der Waals surface area contributed by atoms with Crippen LogP contribution < -0.4 is 5.73 Å². The number of carbonyl (C=O) groups excluding carboxylic acids is 3. The number of piperidine rings is 1. The van der Waals surface area contributed by atoms with Crippen LogP contribution in [0.25, 0.3) is 0 Å². The van der Waals surface area contributed by atoms with Gasteiger partial charge >= 0.3 is 5.97 Å². The molecular formula is C12H20N2O4S. The first kappa shape index (κ1) is 15.8. The lowest BCUT2D eigenvalue weighted by Crippen LogP contribution is -2.48. The molecule has 0 saturated carbocycles. The highest BCUT2D eigenvalue weighted by Crippen LogP contribution is 2.19. The lowest BCUT2D eigenvalue weighted by molar-refractivity contribution is -0.154. The summed E-state index contributed by atoms with van der Waals surface area (Å²) in [5, 5.41) is 0. The predicted molar refractivity (Wildman–Crippen MR) is 72.5 cm³/mol. The Labute approximate surface area is 117 Å². The fourth-order valence-electron chi connectivity index (χ4n) is 2.09. The van der Waals surface area contributed by atoms with Crippen LogP contribution >= 0.6 is 11.8 Å². The van der Waals surface area contributed by atoms with E-state index in [1.807, 2.05) is 0 Å². The van der Waals surface area contributed by atoms with Gasteiger partial charge in [-0.05, 0) is 19.3 Å². The maximum absolute atomic E-state index is 12.1. The molecule has 108 valence electrons. The molecule has 1 atom stereocenters. The molecule has 1 saturated heterocycles. The molecule has 19 heavy (non-hydrogen) atoms. The standard InChI is InChI=1S/C12H20N2O4S/c1-18-12(17)9-4-2-3-6-14(9)11(16)5-7-19-8-10(13)15/h9H,2-8H2,1H3,(H2,13,15)/t9-/m1/s1. The van der Waals surface area contributed by atoms with Crippen LogP contribution in [0, 0.1) is 0 Å². The van der Waals surface area contributed by atoms with Gasteiger partial charge in [0.25, 0.3) is 0 Å². The largest absolute Gasteiger partial charge is 0.467 e. The third-order valence-electron chi connectivity index (χ3n) is 3.00. The van der Waals surface area contributed by atoms with Gasteiger partial charge in [0.1, 0.15) is 6.04 Å². The minimum absolute atomic E-state index is 0.0629. The summed E-state index contributed by atoms with van der Waals surface area (Å²) < 4.78 is 4.73. The summed E-state index contributed by atoms with van der Waals surface area (Å²) in [7, 11) is 1.34. The van der Waals surface area contributed by atoms with Crippen LogP contribution in [0.3, 0.4) is 0 Å². The molecule has 0 bridgehead atoms. The summed E-state index contributed by atoms with van der Waals surface area (Å²) in [4.78, 5) is 35.8. The van der Waals surface area contributed by atoms with Gasteiger partial charge in [0.15, 0.2) is 0 Å². The average molecular weight is 288 g/mol. The van der Waals surface area contributed by atoms with Gasteiger partial charge in [-0.3, -0.25) is 9.59 Å². The third-order valence-corrected chi connectivity index (χ3v) is 3.98. The number of nitrogens with zero attached hydrogens (tertiary/aromatic N) is 1. The van der Waals surface area contributed by atoms with Crippen molar-refractivity contribution in [3.8, 4) is 0 Å². The van der Waals surface area contributed by atoms with Crippen LogP contribution in [0.1, 0.15) is 25.7 Å². The van der Waals surface area contributed by atoms with E-state index in [2.05, 4.69) is 0 Å². The van der Waals surface area contributed by atoms with Gasteiger partial charge in [-0.2, -0.15) is 11.8 Å². The normalized spacial score (nSPS) is 19.0. The Kier molecular flexibility index (Phi) is 6.69. The zero-order valence-corrected chi connectivity index (χ0v) is 11.9. The predicted octanol–water partition coefficient (Wildman–Crippen LogP) is 0.149. The first-order chi connectivity index (χ1) is 9.06. The van der Waals surface area contributed by atoms with Crippen LogP contribution in [0.5, 0.6) is 0 Å². The fraction of sp³-hybridized carbons (Fsp3) is 0.750. The van der Waals surface area contributed by atoms with Gasteiger partial charge in [-0.1, -0.05) is 0 Å². The van der Waals surface area contributed by atoms with E-state index in [-0.39, 0.29) is 23.5 Å². The summed E-state index contributed by atoms with van der Waals surface area (Å²) in [6, 6.07) is -0.451. The monoisotopic (exact) mass is 288 g/mol. The zero-order valence-electron chi connectivity index (χ0n) is 11.1. The van der Waals surface area contributed by atoms with E-state index in [1.54, 1.807) is 4.90 Å². The number of hydrogen-bond acceptors (Lipinski definition) is 5. The molecule has 0 aromatic rings. The zero-order chi connectivity index (χ0) is 14.3. The van der Waals surface area contributed by atoms with Crippen molar-refractivity contribution >= 4 is 29.5 Å². The van der Waals surface area contributed by atoms with E-state index >= 15 is 0 Å². The first-order valence-corrected chi connectivity index (χ1v) is 7.45. The summed E-state index contributed by atoms with van der Waals surface area (Å²) >= 11 is 1.33. The third kappa shape index (κ3) is 5.10. The number of carbonyl (C=O) groups is 3. The van der Waals surface area contributed by atoms with Gasteiger partial charge in [-0.25, -0.2) is 4.79 Å². The fourth-order valence-corrected chi connectivity index (χ4v) is 2.75. The summed E-state index contributed by atoms with van der Waals surface area (Å²) in [6.45, 7) is 0.596. The lowest BCUT2D eigenvalue weighted by atomic mass is 10.0. The molecule has 1 fully saturated rings. The SMILES string of the molecule is COC(=O)[C@H]1CCCCN1C(=O)CCSCC(N)=O. The van der Waals surface area contributed by atoms with Crippen LogP contribution in [0.4, 0.5) is 0 Å². The van der Waals surface area contributed by atoms with Crippen molar-refractivity contribution in [2.45, 2.75) is 31.7 Å². The summed E-state index contributed by atoms with van der Waals surface area (Å²) in [5.74, 6) is -0.0485. The second kappa shape index (κ2) is 8.04. The minimum atomic E-state index is -0.451. The first-order valence-electron chi connectivity index (χ1n) is 6.29. The van der Waals surface area contributed by atoms with Gasteiger partial charge in [0, 0.05) is 18.7 Å². The van der Waals surface area contributed by atoms with E-state index < -0.39 is 6.04 Å². The Balaban J connectivity index is 2.43. The highest BCUT2D eigenvalue weighted by molar-refractivity contribution is 7.99. The van der Waals surface area contributed by atoms with Gasteiger partial charge in [0.05, 0.1) is 12.9 Å². The Hall–Kier alpha value is -1.24. The van der Waals surface area contributed by atoms with Crippen molar-refractivity contribution in [1.29, 1.82) is 0 Å². The average Bonchev–Trinajstić information content (AvgIpc) is 2.42. The number of ether oxygens (including phenoxy) is 1. The topological polar surface area (TPSA) is 89.7 Å². The highest BCUT2D eigenvalue weighted by atomic mass is 32.2. The van der Waals surface area contributed by atoms with Crippen molar-refractivity contribution in [2.24, 2.45) is 5.73 Å². The van der Waals surface area contributed by atoms with Crippen LogP contribution in [0.15, 0.2) is 0 Å². The van der Waals surface area contributed by atoms with Gasteiger partial charge in [-0.15, -0.1) is 0 Å².